The first-order valence-corrected chi connectivity index (χ1v) is 15.5. The standard InChI is InChI=1S/C30H34FN7O3S/c1-17(2)30-36-27(20-6-9-25(24(31)11-20)37-42(39,40)23-10-18(3)12-33-13-23)28-29(32)34-14-26(38(28)30)19-4-7-21(8-5-19)35-22-15-41-16-22/h4,6,9-14,17,21-22,35,37H,5,7-8,15-16H2,1-3H3,(H2,32,34). The number of benzene rings is 1. The van der Waals surface area contributed by atoms with Crippen molar-refractivity contribution in [2.75, 3.05) is 23.7 Å². The highest BCUT2D eigenvalue weighted by Gasteiger charge is 2.27. The Labute approximate surface area is 244 Å². The van der Waals surface area contributed by atoms with Gasteiger partial charge in [0.05, 0.1) is 36.8 Å². The summed E-state index contributed by atoms with van der Waals surface area (Å²) < 4.78 is 50.8. The number of hydrogen-bond donors (Lipinski definition) is 3. The fourth-order valence-electron chi connectivity index (χ4n) is 5.49. The van der Waals surface area contributed by atoms with E-state index in [-0.39, 0.29) is 22.3 Å². The van der Waals surface area contributed by atoms with Gasteiger partial charge in [0, 0.05) is 29.9 Å². The van der Waals surface area contributed by atoms with Crippen molar-refractivity contribution in [1.29, 1.82) is 0 Å². The number of rotatable bonds is 8. The van der Waals surface area contributed by atoms with Crippen LogP contribution in [0.25, 0.3) is 22.3 Å². The number of allylic oxidation sites excluding steroid dienone is 1. The molecule has 0 spiro atoms. The number of anilines is 2. The molecule has 0 amide bonds. The van der Waals surface area contributed by atoms with E-state index in [2.05, 4.69) is 26.1 Å². The molecular formula is C30H34FN7O3S. The molecule has 1 atom stereocenters. The van der Waals surface area contributed by atoms with Crippen molar-refractivity contribution in [2.45, 2.75) is 62.9 Å². The number of pyridine rings is 1. The van der Waals surface area contributed by atoms with Gasteiger partial charge in [-0.2, -0.15) is 0 Å². The Hall–Kier alpha value is -3.87. The number of nitrogens with zero attached hydrogens (tertiary/aromatic N) is 4. The lowest BCUT2D eigenvalue weighted by atomic mass is 9.92. The molecule has 6 rings (SSSR count). The molecule has 3 aromatic heterocycles. The third-order valence-corrected chi connectivity index (χ3v) is 9.06. The van der Waals surface area contributed by atoms with Gasteiger partial charge in [0.15, 0.2) is 0 Å². The molecule has 10 nitrogen and oxygen atoms in total. The molecule has 42 heavy (non-hydrogen) atoms. The smallest absolute Gasteiger partial charge is 0.263 e. The number of hydrogen-bond acceptors (Lipinski definition) is 8. The van der Waals surface area contributed by atoms with Gasteiger partial charge in [-0.3, -0.25) is 14.1 Å². The second-order valence-corrected chi connectivity index (χ2v) is 13.0. The van der Waals surface area contributed by atoms with Crippen molar-refractivity contribution in [2.24, 2.45) is 0 Å². The highest BCUT2D eigenvalue weighted by atomic mass is 32.2. The van der Waals surface area contributed by atoms with Crippen molar-refractivity contribution in [1.82, 2.24) is 24.7 Å². The van der Waals surface area contributed by atoms with Crippen LogP contribution in [0.1, 0.15) is 56.1 Å². The molecule has 2 aliphatic rings. The maximum Gasteiger partial charge on any atom is 0.263 e. The van der Waals surface area contributed by atoms with Gasteiger partial charge < -0.3 is 15.8 Å². The van der Waals surface area contributed by atoms with E-state index in [1.165, 1.54) is 30.0 Å². The van der Waals surface area contributed by atoms with E-state index in [0.29, 0.717) is 34.4 Å². The monoisotopic (exact) mass is 591 g/mol. The number of halogens is 1. The first-order chi connectivity index (χ1) is 20.1. The summed E-state index contributed by atoms with van der Waals surface area (Å²) in [4.78, 5) is 13.3. The second-order valence-electron chi connectivity index (χ2n) is 11.3. The molecule has 4 heterocycles. The van der Waals surface area contributed by atoms with Crippen molar-refractivity contribution >= 4 is 32.6 Å². The molecule has 1 unspecified atom stereocenters. The number of nitrogens with one attached hydrogen (secondary N) is 2. The van der Waals surface area contributed by atoms with E-state index in [9.17, 15) is 8.42 Å². The molecule has 1 aliphatic carbocycles. The highest BCUT2D eigenvalue weighted by molar-refractivity contribution is 7.92. The van der Waals surface area contributed by atoms with E-state index in [1.807, 2.05) is 18.2 Å². The Kier molecular flexibility index (Phi) is 7.46. The second kappa shape index (κ2) is 11.1. The van der Waals surface area contributed by atoms with Crippen LogP contribution in [0.5, 0.6) is 0 Å². The third-order valence-electron chi connectivity index (χ3n) is 7.73. The Morgan fingerprint density at radius 1 is 1.14 bits per heavy atom. The fourth-order valence-corrected chi connectivity index (χ4v) is 6.60. The van der Waals surface area contributed by atoms with Gasteiger partial charge in [0.25, 0.3) is 10.0 Å². The minimum Gasteiger partial charge on any atom is -0.382 e. The lowest BCUT2D eigenvalue weighted by molar-refractivity contribution is -0.0103. The SMILES string of the molecule is Cc1cncc(S(=O)(=O)Nc2ccc(-c3nc(C(C)C)n4c(C5=CCC(NC6COC6)CC5)cnc(N)c34)cc2F)c1. The topological polar surface area (TPSA) is 137 Å². The van der Waals surface area contributed by atoms with Gasteiger partial charge in [-0.05, 0) is 55.5 Å². The van der Waals surface area contributed by atoms with E-state index < -0.39 is 15.8 Å². The van der Waals surface area contributed by atoms with E-state index in [1.54, 1.807) is 25.4 Å². The predicted molar refractivity (Wildman–Crippen MR) is 160 cm³/mol. The third kappa shape index (κ3) is 5.37. The van der Waals surface area contributed by atoms with Gasteiger partial charge in [0.1, 0.15) is 33.6 Å². The Balaban J connectivity index is 1.35. The van der Waals surface area contributed by atoms with Gasteiger partial charge >= 0.3 is 0 Å². The van der Waals surface area contributed by atoms with Crippen molar-refractivity contribution in [3.63, 3.8) is 0 Å². The van der Waals surface area contributed by atoms with Crippen LogP contribution in [0, 0.1) is 12.7 Å². The molecule has 0 saturated carbocycles. The summed E-state index contributed by atoms with van der Waals surface area (Å²) in [6, 6.07) is 6.61. The molecule has 220 valence electrons. The first kappa shape index (κ1) is 28.3. The van der Waals surface area contributed by atoms with Crippen LogP contribution < -0.4 is 15.8 Å². The molecular weight excluding hydrogens is 557 g/mol. The molecule has 1 saturated heterocycles. The molecule has 4 aromatic rings. The summed E-state index contributed by atoms with van der Waals surface area (Å²) in [5.41, 5.74) is 10.6. The van der Waals surface area contributed by atoms with Crippen LogP contribution in [0.4, 0.5) is 15.9 Å². The minimum atomic E-state index is -4.03. The first-order valence-electron chi connectivity index (χ1n) is 14.0. The fraction of sp³-hybridized carbons (Fsp3) is 0.367. The molecule has 12 heteroatoms. The number of sulfonamides is 1. The van der Waals surface area contributed by atoms with Gasteiger partial charge in [-0.25, -0.2) is 22.8 Å². The average molecular weight is 592 g/mol. The highest BCUT2D eigenvalue weighted by Crippen LogP contribution is 2.36. The van der Waals surface area contributed by atoms with Crippen molar-refractivity contribution in [3.8, 4) is 11.3 Å². The predicted octanol–water partition coefficient (Wildman–Crippen LogP) is 4.67. The van der Waals surface area contributed by atoms with Crippen LogP contribution in [-0.2, 0) is 14.8 Å². The normalized spacial score (nSPS) is 17.8. The maximum atomic E-state index is 15.4. The lowest BCUT2D eigenvalue weighted by Crippen LogP contribution is -2.50. The number of ether oxygens (including phenoxy) is 1. The van der Waals surface area contributed by atoms with Gasteiger partial charge in [-0.1, -0.05) is 26.0 Å². The van der Waals surface area contributed by atoms with E-state index in [0.717, 1.165) is 44.0 Å². The molecule has 1 aliphatic heterocycles. The minimum absolute atomic E-state index is 0.0443. The quantitative estimate of drug-likeness (QED) is 0.269. The molecule has 4 N–H and O–H groups in total. The molecule has 1 aromatic carbocycles. The average Bonchev–Trinajstić information content (AvgIpc) is 3.35. The van der Waals surface area contributed by atoms with Crippen molar-refractivity contribution < 1.29 is 17.5 Å². The maximum absolute atomic E-state index is 15.4. The van der Waals surface area contributed by atoms with Crippen LogP contribution >= 0.6 is 0 Å². The Morgan fingerprint density at radius 3 is 2.60 bits per heavy atom. The zero-order chi connectivity index (χ0) is 29.6. The number of aromatic nitrogens is 4. The lowest BCUT2D eigenvalue weighted by Gasteiger charge is -2.33. The van der Waals surface area contributed by atoms with Crippen LogP contribution in [0.3, 0.4) is 0 Å². The molecule has 0 radical (unpaired) electrons. The van der Waals surface area contributed by atoms with Crippen LogP contribution in [0.2, 0.25) is 0 Å². The van der Waals surface area contributed by atoms with E-state index >= 15 is 4.39 Å². The molecule has 1 fully saturated rings. The summed E-state index contributed by atoms with van der Waals surface area (Å²) in [5.74, 6) is 0.375. The zero-order valence-electron chi connectivity index (χ0n) is 23.8. The zero-order valence-corrected chi connectivity index (χ0v) is 24.6. The summed E-state index contributed by atoms with van der Waals surface area (Å²) in [7, 11) is -4.03. The van der Waals surface area contributed by atoms with Crippen LogP contribution in [-0.4, -0.2) is 53.1 Å². The number of nitrogens with two attached hydrogens (primary N) is 1. The Bertz CT molecular complexity index is 1800. The summed E-state index contributed by atoms with van der Waals surface area (Å²) in [5, 5.41) is 3.66. The van der Waals surface area contributed by atoms with Gasteiger partial charge in [-0.15, -0.1) is 0 Å². The number of imidazole rings is 1. The summed E-state index contributed by atoms with van der Waals surface area (Å²) >= 11 is 0. The molecule has 0 bridgehead atoms. The summed E-state index contributed by atoms with van der Waals surface area (Å²) in [6.45, 7) is 7.37. The largest absolute Gasteiger partial charge is 0.382 e. The van der Waals surface area contributed by atoms with Crippen LogP contribution in [0.15, 0.2) is 53.8 Å². The Morgan fingerprint density at radius 2 is 1.95 bits per heavy atom. The number of aryl methyl sites for hydroxylation is 1. The van der Waals surface area contributed by atoms with E-state index in [4.69, 9.17) is 15.5 Å². The van der Waals surface area contributed by atoms with Crippen molar-refractivity contribution in [3.05, 3.63) is 71.8 Å². The number of fused-ring (bicyclic) bond motifs is 1. The summed E-state index contributed by atoms with van der Waals surface area (Å²) in [6.07, 6.45) is 9.58. The van der Waals surface area contributed by atoms with Gasteiger partial charge in [0.2, 0.25) is 0 Å². The number of nitrogen functional groups attached to an aromatic ring is 1.